The molecule has 2 aromatic carbocycles. The summed E-state index contributed by atoms with van der Waals surface area (Å²) in [7, 11) is 0. The molecule has 2 heterocycles. The molecule has 1 N–H and O–H groups in total. The number of fused-ring (bicyclic) bond motifs is 2. The largest absolute Gasteiger partial charge is 0.420 e. The molecule has 4 rings (SSSR count). The van der Waals surface area contributed by atoms with E-state index in [-0.39, 0.29) is 17.8 Å². The first-order valence-corrected chi connectivity index (χ1v) is 8.67. The molecule has 0 aliphatic heterocycles. The van der Waals surface area contributed by atoms with Gasteiger partial charge in [-0.15, -0.1) is 0 Å². The fourth-order valence-electron chi connectivity index (χ4n) is 2.71. The highest BCUT2D eigenvalue weighted by Gasteiger charge is 2.17. The number of nitro benzene ring substituents is 1. The summed E-state index contributed by atoms with van der Waals surface area (Å²) in [6.45, 7) is 1.68. The Hall–Kier alpha value is -3.53. The summed E-state index contributed by atoms with van der Waals surface area (Å²) in [6, 6.07) is 9.57. The molecule has 2 aromatic heterocycles. The van der Waals surface area contributed by atoms with Crippen molar-refractivity contribution in [2.45, 2.75) is 13.5 Å². The molecule has 9 nitrogen and oxygen atoms in total. The van der Waals surface area contributed by atoms with E-state index in [9.17, 15) is 19.7 Å². The molecule has 0 saturated carbocycles. The summed E-state index contributed by atoms with van der Waals surface area (Å²) in [5.41, 5.74) is 2.03. The zero-order valence-corrected chi connectivity index (χ0v) is 14.8. The van der Waals surface area contributed by atoms with Gasteiger partial charge < -0.3 is 9.73 Å². The van der Waals surface area contributed by atoms with Crippen LogP contribution in [0.1, 0.15) is 5.56 Å². The maximum absolute atomic E-state index is 12.3. The quantitative estimate of drug-likeness (QED) is 0.426. The third-order valence-electron chi connectivity index (χ3n) is 3.95. The van der Waals surface area contributed by atoms with E-state index < -0.39 is 16.6 Å². The maximum atomic E-state index is 12.3. The molecule has 0 aliphatic rings. The molecule has 10 heteroatoms. The molecule has 0 spiro atoms. The van der Waals surface area contributed by atoms with Crippen LogP contribution < -0.4 is 11.1 Å². The Bertz CT molecular complexity index is 1270. The Labute approximate surface area is 155 Å². The van der Waals surface area contributed by atoms with Gasteiger partial charge in [0.25, 0.3) is 5.69 Å². The topological polar surface area (TPSA) is 120 Å². The summed E-state index contributed by atoms with van der Waals surface area (Å²) >= 11 is 1.34. The number of nitro groups is 1. The highest BCUT2D eigenvalue weighted by Crippen LogP contribution is 2.26. The molecule has 136 valence electrons. The van der Waals surface area contributed by atoms with Crippen molar-refractivity contribution in [3.05, 3.63) is 62.6 Å². The van der Waals surface area contributed by atoms with E-state index in [1.54, 1.807) is 0 Å². The van der Waals surface area contributed by atoms with E-state index in [1.807, 2.05) is 25.1 Å². The second kappa shape index (κ2) is 6.32. The van der Waals surface area contributed by atoms with Crippen molar-refractivity contribution >= 4 is 49.4 Å². The fraction of sp³-hybridized carbons (Fsp3) is 0.118. The number of anilines is 1. The molecule has 0 saturated heterocycles. The number of thiazole rings is 1. The van der Waals surface area contributed by atoms with E-state index in [2.05, 4.69) is 10.3 Å². The van der Waals surface area contributed by atoms with Crippen LogP contribution in [0.15, 0.2) is 45.6 Å². The maximum Gasteiger partial charge on any atom is 0.420 e. The third kappa shape index (κ3) is 3.17. The predicted molar refractivity (Wildman–Crippen MR) is 100 cm³/mol. The average Bonchev–Trinajstić information content (AvgIpc) is 3.14. The number of carbonyl (C=O) groups is 1. The summed E-state index contributed by atoms with van der Waals surface area (Å²) in [6.07, 6.45) is 0. The average molecular weight is 384 g/mol. The second-order valence-electron chi connectivity index (χ2n) is 5.90. The summed E-state index contributed by atoms with van der Waals surface area (Å²) < 4.78 is 7.08. The van der Waals surface area contributed by atoms with Gasteiger partial charge in [0.05, 0.1) is 26.7 Å². The zero-order valence-electron chi connectivity index (χ0n) is 14.0. The molecule has 1 amide bonds. The van der Waals surface area contributed by atoms with Gasteiger partial charge in [0.1, 0.15) is 6.54 Å². The lowest BCUT2D eigenvalue weighted by atomic mass is 10.2. The first kappa shape index (κ1) is 16.9. The number of non-ortho nitro benzene ring substituents is 1. The first-order valence-electron chi connectivity index (χ1n) is 7.85. The molecular weight excluding hydrogens is 372 g/mol. The molecule has 0 aliphatic carbocycles. The SMILES string of the molecule is Cc1ccc2nc(NC(=O)Cn3c(=O)oc4cc([N+](=O)[O-])ccc43)sc2c1. The van der Waals surface area contributed by atoms with Crippen molar-refractivity contribution in [1.82, 2.24) is 9.55 Å². The van der Waals surface area contributed by atoms with Crippen LogP contribution in [0.25, 0.3) is 21.3 Å². The molecule has 0 radical (unpaired) electrons. The molecule has 0 atom stereocenters. The number of rotatable bonds is 4. The number of amides is 1. The van der Waals surface area contributed by atoms with Crippen LogP contribution in [-0.2, 0) is 11.3 Å². The molecular formula is C17H12N4O5S. The van der Waals surface area contributed by atoms with Crippen molar-refractivity contribution in [3.63, 3.8) is 0 Å². The number of carbonyl (C=O) groups excluding carboxylic acids is 1. The first-order chi connectivity index (χ1) is 12.9. The van der Waals surface area contributed by atoms with Gasteiger partial charge in [0.15, 0.2) is 10.7 Å². The van der Waals surface area contributed by atoms with E-state index in [0.717, 1.165) is 26.4 Å². The highest BCUT2D eigenvalue weighted by atomic mass is 32.1. The Balaban J connectivity index is 1.59. The van der Waals surface area contributed by atoms with E-state index >= 15 is 0 Å². The Morgan fingerprint density at radius 2 is 2.15 bits per heavy atom. The van der Waals surface area contributed by atoms with Crippen LogP contribution in [0.3, 0.4) is 0 Å². The molecule has 27 heavy (non-hydrogen) atoms. The van der Waals surface area contributed by atoms with E-state index in [1.165, 1.54) is 23.5 Å². The summed E-state index contributed by atoms with van der Waals surface area (Å²) in [4.78, 5) is 38.9. The molecule has 4 aromatic rings. The highest BCUT2D eigenvalue weighted by molar-refractivity contribution is 7.22. The van der Waals surface area contributed by atoms with Crippen LogP contribution in [-0.4, -0.2) is 20.4 Å². The Morgan fingerprint density at radius 1 is 1.33 bits per heavy atom. The molecule has 0 bridgehead atoms. The zero-order chi connectivity index (χ0) is 19.1. The summed E-state index contributed by atoms with van der Waals surface area (Å²) in [5.74, 6) is -1.21. The van der Waals surface area contributed by atoms with Crippen molar-refractivity contribution in [2.24, 2.45) is 0 Å². The normalized spacial score (nSPS) is 11.1. The van der Waals surface area contributed by atoms with Crippen molar-refractivity contribution in [3.8, 4) is 0 Å². The number of benzene rings is 2. The third-order valence-corrected chi connectivity index (χ3v) is 4.89. The second-order valence-corrected chi connectivity index (χ2v) is 6.93. The number of hydrogen-bond acceptors (Lipinski definition) is 7. The van der Waals surface area contributed by atoms with Gasteiger partial charge in [-0.2, -0.15) is 0 Å². The van der Waals surface area contributed by atoms with Crippen molar-refractivity contribution < 1.29 is 14.1 Å². The van der Waals surface area contributed by atoms with Crippen molar-refractivity contribution in [1.29, 1.82) is 0 Å². The van der Waals surface area contributed by atoms with Crippen LogP contribution in [0.4, 0.5) is 10.8 Å². The van der Waals surface area contributed by atoms with E-state index in [0.29, 0.717) is 10.6 Å². The monoisotopic (exact) mass is 384 g/mol. The van der Waals surface area contributed by atoms with Gasteiger partial charge in [-0.3, -0.25) is 19.5 Å². The smallest absolute Gasteiger partial charge is 0.407 e. The number of hydrogen-bond donors (Lipinski definition) is 1. The minimum absolute atomic E-state index is 0.0532. The lowest BCUT2D eigenvalue weighted by molar-refractivity contribution is -0.384. The lowest BCUT2D eigenvalue weighted by Crippen LogP contribution is -2.24. The van der Waals surface area contributed by atoms with Crippen LogP contribution in [0.2, 0.25) is 0 Å². The molecule has 0 fully saturated rings. The van der Waals surface area contributed by atoms with Gasteiger partial charge in [-0.05, 0) is 30.7 Å². The number of aryl methyl sites for hydroxylation is 1. The van der Waals surface area contributed by atoms with Crippen LogP contribution in [0, 0.1) is 17.0 Å². The van der Waals surface area contributed by atoms with Gasteiger partial charge in [-0.25, -0.2) is 9.78 Å². The van der Waals surface area contributed by atoms with Crippen molar-refractivity contribution in [2.75, 3.05) is 5.32 Å². The van der Waals surface area contributed by atoms with Crippen LogP contribution >= 0.6 is 11.3 Å². The minimum Gasteiger partial charge on any atom is -0.407 e. The van der Waals surface area contributed by atoms with Gasteiger partial charge >= 0.3 is 5.76 Å². The predicted octanol–water partition coefficient (Wildman–Crippen LogP) is 3.06. The Kier molecular flexibility index (Phi) is 3.96. The number of nitrogens with one attached hydrogen (secondary N) is 1. The molecule has 0 unspecified atom stereocenters. The standard InChI is InChI=1S/C17H12N4O5S/c1-9-2-4-11-14(6-9)27-16(18-11)19-15(22)8-20-12-5-3-10(21(24)25)7-13(12)26-17(20)23/h2-7H,8H2,1H3,(H,18,19,22). The lowest BCUT2D eigenvalue weighted by Gasteiger charge is -2.02. The fourth-order valence-corrected chi connectivity index (χ4v) is 3.69. The number of nitrogens with zero attached hydrogens (tertiary/aromatic N) is 3. The van der Waals surface area contributed by atoms with Gasteiger partial charge in [-0.1, -0.05) is 17.4 Å². The van der Waals surface area contributed by atoms with Gasteiger partial charge in [0, 0.05) is 6.07 Å². The minimum atomic E-state index is -0.763. The summed E-state index contributed by atoms with van der Waals surface area (Å²) in [5, 5.41) is 13.9. The number of oxazole rings is 1. The van der Waals surface area contributed by atoms with Crippen LogP contribution in [0.5, 0.6) is 0 Å². The van der Waals surface area contributed by atoms with Gasteiger partial charge in [0.2, 0.25) is 5.91 Å². The Morgan fingerprint density at radius 3 is 2.93 bits per heavy atom. The van der Waals surface area contributed by atoms with E-state index in [4.69, 9.17) is 4.42 Å². The number of aromatic nitrogens is 2.